The zero-order chi connectivity index (χ0) is 19.6. The van der Waals surface area contributed by atoms with Gasteiger partial charge in [0.15, 0.2) is 5.13 Å². The fraction of sp³-hybridized carbons (Fsp3) is 0.273. The fourth-order valence-electron chi connectivity index (χ4n) is 2.96. The largest absolute Gasteiger partial charge is 0.274 e. The van der Waals surface area contributed by atoms with Crippen molar-refractivity contribution in [2.24, 2.45) is 0 Å². The highest BCUT2D eigenvalue weighted by Gasteiger charge is 2.20. The first-order chi connectivity index (χ1) is 12.9. The van der Waals surface area contributed by atoms with Crippen molar-refractivity contribution in [2.75, 3.05) is 4.90 Å². The Morgan fingerprint density at radius 1 is 1.11 bits per heavy atom. The molecule has 140 valence electrons. The van der Waals surface area contributed by atoms with Crippen LogP contribution in [0, 0.1) is 27.7 Å². The van der Waals surface area contributed by atoms with Crippen LogP contribution in [-0.4, -0.2) is 10.9 Å². The third-order valence-corrected chi connectivity index (χ3v) is 6.65. The number of aromatic nitrogens is 1. The Morgan fingerprint density at radius 2 is 1.89 bits per heavy atom. The predicted octanol–water partition coefficient (Wildman–Crippen LogP) is 6.35. The third-order valence-electron chi connectivity index (χ3n) is 4.57. The lowest BCUT2D eigenvalue weighted by atomic mass is 10.1. The monoisotopic (exact) mass is 396 g/mol. The highest BCUT2D eigenvalue weighted by atomic mass is 32.2. The molecule has 0 unspecified atom stereocenters. The molecule has 0 spiro atoms. The van der Waals surface area contributed by atoms with Crippen molar-refractivity contribution in [3.63, 3.8) is 0 Å². The van der Waals surface area contributed by atoms with Gasteiger partial charge < -0.3 is 0 Å². The van der Waals surface area contributed by atoms with E-state index in [0.717, 1.165) is 27.8 Å². The smallest absolute Gasteiger partial charge is 0.230 e. The molecule has 1 heterocycles. The standard InChI is InChI=1S/C22H24N2OS2/c1-14-9-10-21(16(3)11-14)26-12-19-13-27-22(23-19)24(18(5)25)20-8-6-7-15(2)17(20)4/h6-11,13H,12H2,1-5H3. The number of thioether (sulfide) groups is 1. The van der Waals surface area contributed by atoms with Crippen molar-refractivity contribution < 1.29 is 4.79 Å². The first kappa shape index (κ1) is 19.6. The fourth-order valence-corrected chi connectivity index (χ4v) is 4.85. The van der Waals surface area contributed by atoms with Gasteiger partial charge in [0.25, 0.3) is 0 Å². The number of benzene rings is 2. The molecule has 3 aromatic rings. The molecule has 0 N–H and O–H groups in total. The summed E-state index contributed by atoms with van der Waals surface area (Å²) in [5.74, 6) is 0.769. The van der Waals surface area contributed by atoms with Gasteiger partial charge in [0.1, 0.15) is 0 Å². The zero-order valence-electron chi connectivity index (χ0n) is 16.4. The molecular formula is C22H24N2OS2. The number of thiazole rings is 1. The van der Waals surface area contributed by atoms with E-state index < -0.39 is 0 Å². The van der Waals surface area contributed by atoms with E-state index in [2.05, 4.69) is 45.0 Å². The SMILES string of the molecule is CC(=O)N(c1nc(CSc2ccc(C)cc2C)cs1)c1cccc(C)c1C. The van der Waals surface area contributed by atoms with Gasteiger partial charge in [0, 0.05) is 23.0 Å². The molecule has 3 rings (SSSR count). The zero-order valence-corrected chi connectivity index (χ0v) is 18.0. The van der Waals surface area contributed by atoms with E-state index in [1.807, 2.05) is 24.4 Å². The Hall–Kier alpha value is -2.11. The van der Waals surface area contributed by atoms with Crippen LogP contribution in [0.3, 0.4) is 0 Å². The number of hydrogen-bond donors (Lipinski definition) is 0. The van der Waals surface area contributed by atoms with Gasteiger partial charge in [-0.05, 0) is 56.5 Å². The van der Waals surface area contributed by atoms with Crippen molar-refractivity contribution in [2.45, 2.75) is 45.3 Å². The molecule has 1 aromatic heterocycles. The lowest BCUT2D eigenvalue weighted by Gasteiger charge is -2.21. The maximum absolute atomic E-state index is 12.4. The van der Waals surface area contributed by atoms with E-state index in [4.69, 9.17) is 4.98 Å². The Kier molecular flexibility index (Phi) is 6.02. The number of amides is 1. The normalized spacial score (nSPS) is 10.9. The molecule has 0 atom stereocenters. The van der Waals surface area contributed by atoms with Crippen molar-refractivity contribution >= 4 is 39.8 Å². The van der Waals surface area contributed by atoms with Crippen molar-refractivity contribution in [3.05, 3.63) is 69.7 Å². The first-order valence-corrected chi connectivity index (χ1v) is 10.7. The molecule has 27 heavy (non-hydrogen) atoms. The van der Waals surface area contributed by atoms with E-state index in [1.54, 1.807) is 23.6 Å². The molecule has 2 aromatic carbocycles. The van der Waals surface area contributed by atoms with Gasteiger partial charge >= 0.3 is 0 Å². The Balaban J connectivity index is 1.82. The number of anilines is 2. The number of nitrogens with zero attached hydrogens (tertiary/aromatic N) is 2. The van der Waals surface area contributed by atoms with E-state index in [1.165, 1.54) is 32.9 Å². The van der Waals surface area contributed by atoms with Gasteiger partial charge in [0.2, 0.25) is 5.91 Å². The van der Waals surface area contributed by atoms with Crippen molar-refractivity contribution in [1.29, 1.82) is 0 Å². The molecule has 0 aliphatic heterocycles. The van der Waals surface area contributed by atoms with Gasteiger partial charge in [-0.3, -0.25) is 9.69 Å². The molecule has 0 fully saturated rings. The van der Waals surface area contributed by atoms with Gasteiger partial charge in [0.05, 0.1) is 11.4 Å². The summed E-state index contributed by atoms with van der Waals surface area (Å²) < 4.78 is 0. The Labute approximate surface area is 169 Å². The van der Waals surface area contributed by atoms with Gasteiger partial charge in [-0.1, -0.05) is 29.8 Å². The topological polar surface area (TPSA) is 33.2 Å². The van der Waals surface area contributed by atoms with Crippen LogP contribution in [0.5, 0.6) is 0 Å². The van der Waals surface area contributed by atoms with Crippen LogP contribution in [0.15, 0.2) is 46.7 Å². The second kappa shape index (κ2) is 8.28. The molecule has 0 saturated carbocycles. The van der Waals surface area contributed by atoms with Crippen LogP contribution in [0.4, 0.5) is 10.8 Å². The van der Waals surface area contributed by atoms with Crippen LogP contribution in [0.25, 0.3) is 0 Å². The maximum atomic E-state index is 12.4. The van der Waals surface area contributed by atoms with Crippen LogP contribution >= 0.6 is 23.1 Å². The van der Waals surface area contributed by atoms with Gasteiger partial charge in [-0.2, -0.15) is 0 Å². The molecule has 0 aliphatic rings. The van der Waals surface area contributed by atoms with Crippen LogP contribution < -0.4 is 4.90 Å². The average molecular weight is 397 g/mol. The van der Waals surface area contributed by atoms with Gasteiger partial charge in [-0.15, -0.1) is 23.1 Å². The number of hydrogen-bond acceptors (Lipinski definition) is 4. The number of aryl methyl sites for hydroxylation is 3. The van der Waals surface area contributed by atoms with Crippen LogP contribution in [0.1, 0.15) is 34.9 Å². The molecule has 0 bridgehead atoms. The van der Waals surface area contributed by atoms with Crippen molar-refractivity contribution in [1.82, 2.24) is 4.98 Å². The predicted molar refractivity (Wildman–Crippen MR) is 116 cm³/mol. The minimum atomic E-state index is -0.0216. The van der Waals surface area contributed by atoms with E-state index >= 15 is 0 Å². The minimum absolute atomic E-state index is 0.0216. The number of rotatable bonds is 5. The molecule has 0 aliphatic carbocycles. The second-order valence-corrected chi connectivity index (χ2v) is 8.61. The van der Waals surface area contributed by atoms with Gasteiger partial charge in [-0.25, -0.2) is 4.98 Å². The number of carbonyl (C=O) groups is 1. The summed E-state index contributed by atoms with van der Waals surface area (Å²) in [6.45, 7) is 9.95. The average Bonchev–Trinajstić information content (AvgIpc) is 3.06. The Morgan fingerprint density at radius 3 is 2.59 bits per heavy atom. The van der Waals surface area contributed by atoms with Crippen LogP contribution in [0.2, 0.25) is 0 Å². The summed E-state index contributed by atoms with van der Waals surface area (Å²) in [5, 5.41) is 2.78. The first-order valence-electron chi connectivity index (χ1n) is 8.88. The molecule has 3 nitrogen and oxygen atoms in total. The summed E-state index contributed by atoms with van der Waals surface area (Å²) in [6, 6.07) is 12.5. The molecule has 0 radical (unpaired) electrons. The minimum Gasteiger partial charge on any atom is -0.274 e. The van der Waals surface area contributed by atoms with E-state index in [-0.39, 0.29) is 5.91 Å². The maximum Gasteiger partial charge on any atom is 0.230 e. The molecular weight excluding hydrogens is 372 g/mol. The summed E-state index contributed by atoms with van der Waals surface area (Å²) >= 11 is 3.30. The summed E-state index contributed by atoms with van der Waals surface area (Å²) in [4.78, 5) is 20.1. The highest BCUT2D eigenvalue weighted by molar-refractivity contribution is 7.98. The van der Waals surface area contributed by atoms with E-state index in [0.29, 0.717) is 0 Å². The van der Waals surface area contributed by atoms with Crippen molar-refractivity contribution in [3.8, 4) is 0 Å². The third kappa shape index (κ3) is 4.42. The van der Waals surface area contributed by atoms with E-state index in [9.17, 15) is 4.79 Å². The molecule has 5 heteroatoms. The summed E-state index contributed by atoms with van der Waals surface area (Å²) in [5.41, 5.74) is 6.74. The Bertz CT molecular complexity index is 978. The quantitative estimate of drug-likeness (QED) is 0.471. The lowest BCUT2D eigenvalue weighted by molar-refractivity contribution is -0.115. The summed E-state index contributed by atoms with van der Waals surface area (Å²) in [7, 11) is 0. The highest BCUT2D eigenvalue weighted by Crippen LogP contribution is 2.34. The van der Waals surface area contributed by atoms with Crippen LogP contribution in [-0.2, 0) is 10.5 Å². The molecule has 0 saturated heterocycles. The molecule has 1 amide bonds. The summed E-state index contributed by atoms with van der Waals surface area (Å²) in [6.07, 6.45) is 0. The second-order valence-electron chi connectivity index (χ2n) is 6.75. The lowest BCUT2D eigenvalue weighted by Crippen LogP contribution is -2.23. The number of carbonyl (C=O) groups excluding carboxylic acids is 1.